The minimum atomic E-state index is -5.20. The second-order valence-electron chi connectivity index (χ2n) is 7.28. The Labute approximate surface area is 181 Å². The summed E-state index contributed by atoms with van der Waals surface area (Å²) < 4.78 is 46.8. The average molecular weight is 462 g/mol. The molecule has 0 heterocycles. The maximum absolute atomic E-state index is 14.0. The van der Waals surface area contributed by atoms with E-state index in [0.29, 0.717) is 7.11 Å². The fourth-order valence-corrected chi connectivity index (χ4v) is 2.99. The normalized spacial score (nSPS) is 15.3. The molecule has 4 N–H and O–H groups in total. The quantitative estimate of drug-likeness (QED) is 0.392. The molecule has 2 amide bonds. The van der Waals surface area contributed by atoms with E-state index in [1.165, 1.54) is 32.0 Å². The summed E-state index contributed by atoms with van der Waals surface area (Å²) >= 11 is 0. The maximum Gasteiger partial charge on any atom is 0.430 e. The van der Waals surface area contributed by atoms with Crippen molar-refractivity contribution in [2.45, 2.75) is 50.6 Å². The van der Waals surface area contributed by atoms with E-state index in [0.717, 1.165) is 12.1 Å². The summed E-state index contributed by atoms with van der Waals surface area (Å²) in [4.78, 5) is 47.5. The van der Waals surface area contributed by atoms with Crippen LogP contribution in [0.1, 0.15) is 32.3 Å². The zero-order valence-electron chi connectivity index (χ0n) is 17.6. The Balaban J connectivity index is 3.23. The molecule has 0 unspecified atom stereocenters. The van der Waals surface area contributed by atoms with E-state index in [1.54, 1.807) is 0 Å². The van der Waals surface area contributed by atoms with E-state index >= 15 is 0 Å². The molecule has 178 valence electrons. The molecule has 0 aromatic heterocycles. The number of aliphatic carboxylic acids is 2. The standard InChI is InChI=1S/C20H25F3N2O7/c1-11(2)15(16(28)24-13(17(29)30)9-10-14(26)27)25-18(31)19(32-3,20(21,22)23)12-7-5-4-6-8-12/h4-8,11,13,15H,9-10H2,1-3H3,(H,24,28)(H,25,31)(H,26,27)(H,29,30)/t13-,15+,19-/m1/s1. The summed E-state index contributed by atoms with van der Waals surface area (Å²) in [5.74, 6) is -6.31. The number of alkyl halides is 3. The number of halogens is 3. The van der Waals surface area contributed by atoms with Gasteiger partial charge in [-0.1, -0.05) is 44.2 Å². The van der Waals surface area contributed by atoms with Gasteiger partial charge in [0.2, 0.25) is 5.91 Å². The first-order valence-corrected chi connectivity index (χ1v) is 9.51. The molecule has 12 heteroatoms. The summed E-state index contributed by atoms with van der Waals surface area (Å²) in [6, 6.07) is 2.95. The van der Waals surface area contributed by atoms with Crippen LogP contribution >= 0.6 is 0 Å². The van der Waals surface area contributed by atoms with Crippen LogP contribution in [0.4, 0.5) is 13.2 Å². The van der Waals surface area contributed by atoms with Crippen molar-refractivity contribution in [1.29, 1.82) is 0 Å². The highest BCUT2D eigenvalue weighted by Gasteiger charge is 2.63. The van der Waals surface area contributed by atoms with Crippen LogP contribution < -0.4 is 10.6 Å². The van der Waals surface area contributed by atoms with Crippen molar-refractivity contribution in [2.24, 2.45) is 5.92 Å². The van der Waals surface area contributed by atoms with Gasteiger partial charge in [-0.15, -0.1) is 0 Å². The largest absolute Gasteiger partial charge is 0.481 e. The Kier molecular flexibility index (Phi) is 9.19. The van der Waals surface area contributed by atoms with Crippen LogP contribution in [0.15, 0.2) is 30.3 Å². The van der Waals surface area contributed by atoms with Crippen LogP contribution in [0.5, 0.6) is 0 Å². The second kappa shape index (κ2) is 10.9. The lowest BCUT2D eigenvalue weighted by molar-refractivity contribution is -0.266. The van der Waals surface area contributed by atoms with Crippen molar-refractivity contribution in [3.05, 3.63) is 35.9 Å². The minimum Gasteiger partial charge on any atom is -0.481 e. The minimum absolute atomic E-state index is 0.455. The van der Waals surface area contributed by atoms with Crippen molar-refractivity contribution in [1.82, 2.24) is 10.6 Å². The fraction of sp³-hybridized carbons (Fsp3) is 0.500. The van der Waals surface area contributed by atoms with E-state index < -0.39 is 71.9 Å². The molecule has 1 aromatic carbocycles. The molecule has 0 radical (unpaired) electrons. The number of carboxylic acids is 2. The number of rotatable bonds is 11. The van der Waals surface area contributed by atoms with Gasteiger partial charge in [0, 0.05) is 19.1 Å². The van der Waals surface area contributed by atoms with Crippen LogP contribution in [0.3, 0.4) is 0 Å². The number of nitrogens with one attached hydrogen (secondary N) is 2. The molecule has 0 saturated carbocycles. The van der Waals surface area contributed by atoms with Crippen molar-refractivity contribution >= 4 is 23.8 Å². The summed E-state index contributed by atoms with van der Waals surface area (Å²) in [6.45, 7) is 2.87. The van der Waals surface area contributed by atoms with Crippen molar-refractivity contribution in [3.8, 4) is 0 Å². The Hall–Kier alpha value is -3.15. The van der Waals surface area contributed by atoms with Gasteiger partial charge in [0.25, 0.3) is 11.5 Å². The highest BCUT2D eigenvalue weighted by molar-refractivity contribution is 5.94. The number of carbonyl (C=O) groups is 4. The molecule has 3 atom stereocenters. The number of benzene rings is 1. The highest BCUT2D eigenvalue weighted by atomic mass is 19.4. The number of ether oxygens (including phenoxy) is 1. The molecule has 0 saturated heterocycles. The van der Waals surface area contributed by atoms with Gasteiger partial charge in [-0.05, 0) is 12.3 Å². The molecule has 32 heavy (non-hydrogen) atoms. The maximum atomic E-state index is 14.0. The van der Waals surface area contributed by atoms with E-state index in [-0.39, 0.29) is 0 Å². The molecule has 1 rings (SSSR count). The van der Waals surface area contributed by atoms with E-state index in [1.807, 2.05) is 5.32 Å². The first-order chi connectivity index (χ1) is 14.8. The number of carboxylic acid groups (broad SMARTS) is 2. The lowest BCUT2D eigenvalue weighted by Crippen LogP contribution is -2.61. The van der Waals surface area contributed by atoms with Gasteiger partial charge >= 0.3 is 18.1 Å². The van der Waals surface area contributed by atoms with Crippen LogP contribution in [0.25, 0.3) is 0 Å². The van der Waals surface area contributed by atoms with Gasteiger partial charge in [-0.25, -0.2) is 4.79 Å². The Morgan fingerprint density at radius 1 is 1.03 bits per heavy atom. The molecule has 0 aliphatic carbocycles. The smallest absolute Gasteiger partial charge is 0.430 e. The number of carbonyl (C=O) groups excluding carboxylic acids is 2. The number of amides is 2. The summed E-state index contributed by atoms with van der Waals surface area (Å²) in [7, 11) is 0.705. The second-order valence-corrected chi connectivity index (χ2v) is 7.28. The van der Waals surface area contributed by atoms with Gasteiger partial charge < -0.3 is 25.6 Å². The molecule has 0 aliphatic rings. The Bertz CT molecular complexity index is 830. The molecular formula is C20H25F3N2O7. The Morgan fingerprint density at radius 2 is 1.59 bits per heavy atom. The fourth-order valence-electron chi connectivity index (χ4n) is 2.99. The van der Waals surface area contributed by atoms with E-state index in [2.05, 4.69) is 10.1 Å². The molecule has 1 aromatic rings. The number of methoxy groups -OCH3 is 1. The van der Waals surface area contributed by atoms with Crippen LogP contribution in [-0.2, 0) is 29.5 Å². The van der Waals surface area contributed by atoms with E-state index in [4.69, 9.17) is 5.11 Å². The first-order valence-electron chi connectivity index (χ1n) is 9.51. The summed E-state index contributed by atoms with van der Waals surface area (Å²) in [5.41, 5.74) is -3.93. The third kappa shape index (κ3) is 6.19. The lowest BCUT2D eigenvalue weighted by Gasteiger charge is -2.35. The van der Waals surface area contributed by atoms with Crippen LogP contribution in [0.2, 0.25) is 0 Å². The SMILES string of the molecule is CO[C@@](C(=O)N[C@H](C(=O)N[C@H](CCC(=O)O)C(=O)O)C(C)C)(c1ccccc1)C(F)(F)F. The Morgan fingerprint density at radius 3 is 2.00 bits per heavy atom. The van der Waals surface area contributed by atoms with Gasteiger partial charge in [-0.2, -0.15) is 13.2 Å². The van der Waals surface area contributed by atoms with Gasteiger partial charge in [0.05, 0.1) is 0 Å². The third-order valence-corrected chi connectivity index (χ3v) is 4.70. The average Bonchev–Trinajstić information content (AvgIpc) is 2.69. The third-order valence-electron chi connectivity index (χ3n) is 4.70. The number of hydrogen-bond donors (Lipinski definition) is 4. The molecule has 9 nitrogen and oxygen atoms in total. The molecular weight excluding hydrogens is 437 g/mol. The summed E-state index contributed by atoms with van der Waals surface area (Å²) in [6.07, 6.45) is -6.22. The van der Waals surface area contributed by atoms with Crippen molar-refractivity contribution in [3.63, 3.8) is 0 Å². The van der Waals surface area contributed by atoms with Gasteiger partial charge in [0.1, 0.15) is 12.1 Å². The van der Waals surface area contributed by atoms with Crippen LogP contribution in [-0.4, -0.2) is 59.3 Å². The van der Waals surface area contributed by atoms with Gasteiger partial charge in [-0.3, -0.25) is 14.4 Å². The summed E-state index contributed by atoms with van der Waals surface area (Å²) in [5, 5.41) is 22.0. The zero-order chi connectivity index (χ0) is 24.7. The molecule has 0 spiro atoms. The zero-order valence-corrected chi connectivity index (χ0v) is 17.6. The molecule has 0 fully saturated rings. The van der Waals surface area contributed by atoms with Crippen molar-refractivity contribution < 1.29 is 47.3 Å². The predicted octanol–water partition coefficient (Wildman–Crippen LogP) is 1.67. The van der Waals surface area contributed by atoms with Crippen molar-refractivity contribution in [2.75, 3.05) is 7.11 Å². The molecule has 0 bridgehead atoms. The van der Waals surface area contributed by atoms with Gasteiger partial charge in [0.15, 0.2) is 0 Å². The first kappa shape index (κ1) is 26.9. The van der Waals surface area contributed by atoms with E-state index in [9.17, 15) is 37.5 Å². The molecule has 0 aliphatic heterocycles. The highest BCUT2D eigenvalue weighted by Crippen LogP contribution is 2.42. The predicted molar refractivity (Wildman–Crippen MR) is 104 cm³/mol. The lowest BCUT2D eigenvalue weighted by atomic mass is 9.90. The van der Waals surface area contributed by atoms with Crippen LogP contribution in [0, 0.1) is 5.92 Å². The topological polar surface area (TPSA) is 142 Å². The monoisotopic (exact) mass is 462 g/mol. The number of hydrogen-bond acceptors (Lipinski definition) is 5.